The van der Waals surface area contributed by atoms with E-state index < -0.39 is 6.04 Å². The maximum atomic E-state index is 14.1. The first-order chi connectivity index (χ1) is 15.0. The molecule has 1 aliphatic carbocycles. The fraction of sp³-hybridized carbons (Fsp3) is 0.652. The number of cyclic esters (lactones) is 1. The Kier molecular flexibility index (Phi) is 5.50. The lowest BCUT2D eigenvalue weighted by atomic mass is 9.89. The van der Waals surface area contributed by atoms with E-state index >= 15 is 0 Å². The molecular formula is C23H31FN4O3. The Bertz CT molecular complexity index is 848. The third-order valence-electron chi connectivity index (χ3n) is 7.44. The zero-order valence-electron chi connectivity index (χ0n) is 18.0. The van der Waals surface area contributed by atoms with Crippen LogP contribution >= 0.6 is 0 Å². The monoisotopic (exact) mass is 430 g/mol. The van der Waals surface area contributed by atoms with Crippen molar-refractivity contribution < 1.29 is 18.7 Å². The minimum absolute atomic E-state index is 0.0419. The van der Waals surface area contributed by atoms with Crippen LogP contribution in [0.25, 0.3) is 0 Å². The van der Waals surface area contributed by atoms with Crippen molar-refractivity contribution in [3.8, 4) is 0 Å². The van der Waals surface area contributed by atoms with E-state index in [1.54, 1.807) is 6.07 Å². The number of hydrogen-bond acceptors (Lipinski definition) is 5. The van der Waals surface area contributed by atoms with Crippen LogP contribution in [0.15, 0.2) is 12.1 Å². The van der Waals surface area contributed by atoms with E-state index in [2.05, 4.69) is 15.5 Å². The van der Waals surface area contributed by atoms with Gasteiger partial charge in [-0.05, 0) is 50.7 Å². The third kappa shape index (κ3) is 3.97. The maximum Gasteiger partial charge on any atom is 0.410 e. The first-order valence-corrected chi connectivity index (χ1v) is 11.5. The number of carbonyl (C=O) groups excluding carboxylic acids is 2. The van der Waals surface area contributed by atoms with Crippen molar-refractivity contribution in [1.29, 1.82) is 0 Å². The van der Waals surface area contributed by atoms with Crippen molar-refractivity contribution in [2.45, 2.75) is 69.6 Å². The van der Waals surface area contributed by atoms with Crippen LogP contribution in [0.4, 0.5) is 14.9 Å². The number of nitrogens with one attached hydrogen (secondary N) is 2. The van der Waals surface area contributed by atoms with Gasteiger partial charge in [0.05, 0.1) is 6.54 Å². The molecule has 4 atom stereocenters. The summed E-state index contributed by atoms with van der Waals surface area (Å²) in [4.78, 5) is 29.2. The molecule has 168 valence electrons. The van der Waals surface area contributed by atoms with Crippen molar-refractivity contribution >= 4 is 17.7 Å². The van der Waals surface area contributed by atoms with Crippen molar-refractivity contribution in [2.24, 2.45) is 0 Å². The second-order valence-electron chi connectivity index (χ2n) is 9.39. The minimum atomic E-state index is -0.414. The van der Waals surface area contributed by atoms with Crippen LogP contribution in [0.3, 0.4) is 0 Å². The molecule has 2 unspecified atom stereocenters. The van der Waals surface area contributed by atoms with Gasteiger partial charge in [-0.25, -0.2) is 9.18 Å². The number of fused-ring (bicyclic) bond motifs is 1. The van der Waals surface area contributed by atoms with Crippen molar-refractivity contribution in [2.75, 3.05) is 31.6 Å². The molecule has 0 radical (unpaired) electrons. The molecule has 4 aliphatic rings. The summed E-state index contributed by atoms with van der Waals surface area (Å²) in [6.45, 7) is 4.99. The van der Waals surface area contributed by atoms with Gasteiger partial charge in [-0.2, -0.15) is 0 Å². The van der Waals surface area contributed by atoms with Crippen LogP contribution in [0.5, 0.6) is 0 Å². The summed E-state index contributed by atoms with van der Waals surface area (Å²) < 4.78 is 19.2. The van der Waals surface area contributed by atoms with Gasteiger partial charge in [-0.3, -0.25) is 9.69 Å². The zero-order valence-corrected chi connectivity index (χ0v) is 18.0. The lowest BCUT2D eigenvalue weighted by Crippen LogP contribution is -2.49. The molecule has 2 N–H and O–H groups in total. The molecule has 8 heteroatoms. The Morgan fingerprint density at radius 1 is 1.23 bits per heavy atom. The van der Waals surface area contributed by atoms with Crippen LogP contribution in [0.1, 0.15) is 43.2 Å². The van der Waals surface area contributed by atoms with Crippen LogP contribution in [0, 0.1) is 12.7 Å². The topological polar surface area (TPSA) is 73.9 Å². The Hall–Kier alpha value is -2.35. The fourth-order valence-electron chi connectivity index (χ4n) is 5.75. The molecule has 3 heterocycles. The molecule has 3 fully saturated rings. The molecule has 3 aliphatic heterocycles. The van der Waals surface area contributed by atoms with E-state index in [1.165, 1.54) is 6.07 Å². The molecule has 0 aromatic heterocycles. The van der Waals surface area contributed by atoms with E-state index in [4.69, 9.17) is 4.74 Å². The van der Waals surface area contributed by atoms with Gasteiger partial charge >= 0.3 is 6.09 Å². The van der Waals surface area contributed by atoms with Gasteiger partial charge < -0.3 is 20.3 Å². The SMILES string of the molecule is Cc1ccc(F)c2c1NC(C(=O)N[C@@H]1CCC[C@@H](N3CCC(N4CCOC4=O)C3)C1)C2. The molecule has 31 heavy (non-hydrogen) atoms. The maximum absolute atomic E-state index is 14.1. The molecule has 2 saturated heterocycles. The fourth-order valence-corrected chi connectivity index (χ4v) is 5.75. The number of rotatable bonds is 4. The van der Waals surface area contributed by atoms with Crippen LogP contribution in [0.2, 0.25) is 0 Å². The lowest BCUT2D eigenvalue weighted by molar-refractivity contribution is -0.122. The van der Waals surface area contributed by atoms with E-state index in [-0.39, 0.29) is 29.9 Å². The standard InChI is InChI=1S/C23H31FN4O3/c1-14-5-6-19(24)18-12-20(26-21(14)18)22(29)25-15-3-2-4-16(11-15)27-8-7-17(13-27)28-9-10-31-23(28)30/h5-6,15-17,20,26H,2-4,7-13H2,1H3,(H,25,29)/t15-,16-,17?,20?/m1/s1. The highest BCUT2D eigenvalue weighted by molar-refractivity contribution is 5.88. The van der Waals surface area contributed by atoms with Crippen LogP contribution < -0.4 is 10.6 Å². The second kappa shape index (κ2) is 8.30. The predicted molar refractivity (Wildman–Crippen MR) is 114 cm³/mol. The zero-order chi connectivity index (χ0) is 21.5. The Labute approximate surface area is 182 Å². The van der Waals surface area contributed by atoms with Crippen molar-refractivity contribution in [1.82, 2.24) is 15.1 Å². The molecule has 0 bridgehead atoms. The van der Waals surface area contributed by atoms with Gasteiger partial charge in [0, 0.05) is 48.9 Å². The summed E-state index contributed by atoms with van der Waals surface area (Å²) in [6.07, 6.45) is 5.30. The van der Waals surface area contributed by atoms with E-state index in [0.29, 0.717) is 31.2 Å². The molecule has 7 nitrogen and oxygen atoms in total. The Balaban J connectivity index is 1.15. The minimum Gasteiger partial charge on any atom is -0.448 e. The molecule has 0 spiro atoms. The lowest BCUT2D eigenvalue weighted by Gasteiger charge is -2.36. The third-order valence-corrected chi connectivity index (χ3v) is 7.44. The number of likely N-dealkylation sites (tertiary alicyclic amines) is 1. The average Bonchev–Trinajstić information content (AvgIpc) is 3.50. The molecule has 1 aromatic rings. The highest BCUT2D eigenvalue weighted by atomic mass is 19.1. The highest BCUT2D eigenvalue weighted by Crippen LogP contribution is 2.32. The highest BCUT2D eigenvalue weighted by Gasteiger charge is 2.38. The van der Waals surface area contributed by atoms with Gasteiger partial charge in [0.15, 0.2) is 0 Å². The van der Waals surface area contributed by atoms with Gasteiger partial charge in [-0.15, -0.1) is 0 Å². The van der Waals surface area contributed by atoms with Crippen LogP contribution in [-0.4, -0.2) is 72.2 Å². The second-order valence-corrected chi connectivity index (χ2v) is 9.39. The molecule has 5 rings (SSSR count). The number of carbonyl (C=O) groups is 2. The Morgan fingerprint density at radius 2 is 2.10 bits per heavy atom. The van der Waals surface area contributed by atoms with Gasteiger partial charge in [-0.1, -0.05) is 6.07 Å². The van der Waals surface area contributed by atoms with Gasteiger partial charge in [0.2, 0.25) is 5.91 Å². The number of nitrogens with zero attached hydrogens (tertiary/aromatic N) is 2. The first kappa shape index (κ1) is 20.5. The summed E-state index contributed by atoms with van der Waals surface area (Å²) in [6, 6.07) is 3.62. The summed E-state index contributed by atoms with van der Waals surface area (Å²) >= 11 is 0. The number of halogens is 1. The number of benzene rings is 1. The van der Waals surface area contributed by atoms with Crippen molar-refractivity contribution in [3.05, 3.63) is 29.1 Å². The normalized spacial score (nSPS) is 30.8. The van der Waals surface area contributed by atoms with E-state index in [1.807, 2.05) is 11.8 Å². The van der Waals surface area contributed by atoms with E-state index in [9.17, 15) is 14.0 Å². The van der Waals surface area contributed by atoms with Crippen molar-refractivity contribution in [3.63, 3.8) is 0 Å². The average molecular weight is 431 g/mol. The predicted octanol–water partition coefficient (Wildman–Crippen LogP) is 2.42. The summed E-state index contributed by atoms with van der Waals surface area (Å²) in [5.41, 5.74) is 2.35. The number of aryl methyl sites for hydroxylation is 1. The largest absolute Gasteiger partial charge is 0.448 e. The van der Waals surface area contributed by atoms with Crippen LogP contribution in [-0.2, 0) is 16.0 Å². The summed E-state index contributed by atoms with van der Waals surface area (Å²) in [5.74, 6) is -0.286. The summed E-state index contributed by atoms with van der Waals surface area (Å²) in [7, 11) is 0. The molecule has 1 aromatic carbocycles. The smallest absolute Gasteiger partial charge is 0.410 e. The molecule has 2 amide bonds. The first-order valence-electron chi connectivity index (χ1n) is 11.5. The number of amides is 2. The number of hydrogen-bond donors (Lipinski definition) is 2. The Morgan fingerprint density at radius 3 is 2.87 bits per heavy atom. The van der Waals surface area contributed by atoms with E-state index in [0.717, 1.165) is 56.4 Å². The molecule has 1 saturated carbocycles. The quantitative estimate of drug-likeness (QED) is 0.768. The van der Waals surface area contributed by atoms with Gasteiger partial charge in [0.1, 0.15) is 18.5 Å². The number of ether oxygens (including phenoxy) is 1. The van der Waals surface area contributed by atoms with Gasteiger partial charge in [0.25, 0.3) is 0 Å². The molecular weight excluding hydrogens is 399 g/mol. The summed E-state index contributed by atoms with van der Waals surface area (Å²) in [5, 5.41) is 6.46. The number of anilines is 1.